The number of nitrogens with one attached hydrogen (secondary N) is 1. The van der Waals surface area contributed by atoms with Crippen LogP contribution in [-0.4, -0.2) is 13.0 Å². The molecular formula is C20H22BrNO2. The molecule has 1 N–H and O–H groups in total. The molecule has 2 aromatic carbocycles. The minimum atomic E-state index is -0.382. The van der Waals surface area contributed by atoms with E-state index in [0.717, 1.165) is 47.0 Å². The molecule has 4 heteroatoms. The van der Waals surface area contributed by atoms with Crippen LogP contribution in [0.3, 0.4) is 0 Å². The summed E-state index contributed by atoms with van der Waals surface area (Å²) in [5, 5.41) is 3.14. The third kappa shape index (κ3) is 3.48. The van der Waals surface area contributed by atoms with Crippen LogP contribution < -0.4 is 10.1 Å². The van der Waals surface area contributed by atoms with Gasteiger partial charge in [-0.05, 0) is 48.2 Å². The van der Waals surface area contributed by atoms with Crippen molar-refractivity contribution in [1.29, 1.82) is 0 Å². The molecule has 0 unspecified atom stereocenters. The van der Waals surface area contributed by atoms with E-state index in [2.05, 4.69) is 33.4 Å². The fourth-order valence-corrected chi connectivity index (χ4v) is 3.75. The number of carbonyl (C=O) groups excluding carboxylic acids is 1. The first-order valence-electron chi connectivity index (χ1n) is 8.31. The summed E-state index contributed by atoms with van der Waals surface area (Å²) in [4.78, 5) is 13.0. The van der Waals surface area contributed by atoms with Gasteiger partial charge in [0.05, 0.1) is 12.5 Å². The Bertz CT molecular complexity index is 689. The molecule has 1 amide bonds. The van der Waals surface area contributed by atoms with Gasteiger partial charge in [0, 0.05) is 11.0 Å². The first-order valence-corrected chi connectivity index (χ1v) is 9.11. The van der Waals surface area contributed by atoms with Crippen molar-refractivity contribution >= 4 is 21.8 Å². The molecule has 1 aliphatic rings. The summed E-state index contributed by atoms with van der Waals surface area (Å²) < 4.78 is 6.21. The average molecular weight is 388 g/mol. The van der Waals surface area contributed by atoms with Gasteiger partial charge in [0.1, 0.15) is 5.75 Å². The maximum atomic E-state index is 13.0. The van der Waals surface area contributed by atoms with Crippen LogP contribution in [0.5, 0.6) is 5.75 Å². The molecular weight excluding hydrogens is 366 g/mol. The highest BCUT2D eigenvalue weighted by Gasteiger charge is 2.42. The van der Waals surface area contributed by atoms with Gasteiger partial charge in [-0.3, -0.25) is 4.79 Å². The molecule has 0 saturated heterocycles. The quantitative estimate of drug-likeness (QED) is 0.814. The Hall–Kier alpha value is -1.81. The Balaban J connectivity index is 1.73. The zero-order chi connectivity index (χ0) is 17.0. The second-order valence-corrected chi connectivity index (χ2v) is 7.24. The standard InChI is InChI=1S/C20H22BrNO2/c1-24-18-10-4-15(5-11-18)14-22-19(23)20(12-2-3-13-20)16-6-8-17(21)9-7-16/h4-11H,2-3,12-14H2,1H3,(H,22,23). The number of methoxy groups -OCH3 is 1. The van der Waals surface area contributed by atoms with Gasteiger partial charge in [0.2, 0.25) is 5.91 Å². The van der Waals surface area contributed by atoms with Crippen LogP contribution in [-0.2, 0) is 16.8 Å². The fourth-order valence-electron chi connectivity index (χ4n) is 3.49. The molecule has 0 aromatic heterocycles. The second-order valence-electron chi connectivity index (χ2n) is 6.33. The second kappa shape index (κ2) is 7.39. The highest BCUT2D eigenvalue weighted by Crippen LogP contribution is 2.41. The molecule has 24 heavy (non-hydrogen) atoms. The van der Waals surface area contributed by atoms with Gasteiger partial charge < -0.3 is 10.1 Å². The first-order chi connectivity index (χ1) is 11.6. The number of rotatable bonds is 5. The minimum absolute atomic E-state index is 0.137. The molecule has 0 atom stereocenters. The first kappa shape index (κ1) is 17.0. The lowest BCUT2D eigenvalue weighted by molar-refractivity contribution is -0.126. The predicted molar refractivity (Wildman–Crippen MR) is 99.1 cm³/mol. The Labute approximate surface area is 151 Å². The Kier molecular flexibility index (Phi) is 5.24. The maximum Gasteiger partial charge on any atom is 0.230 e. The van der Waals surface area contributed by atoms with E-state index in [1.54, 1.807) is 7.11 Å². The molecule has 0 bridgehead atoms. The fraction of sp³-hybridized carbons (Fsp3) is 0.350. The van der Waals surface area contributed by atoms with E-state index < -0.39 is 0 Å². The van der Waals surface area contributed by atoms with E-state index in [0.29, 0.717) is 6.54 Å². The molecule has 0 radical (unpaired) electrons. The number of benzene rings is 2. The number of hydrogen-bond acceptors (Lipinski definition) is 2. The number of hydrogen-bond donors (Lipinski definition) is 1. The van der Waals surface area contributed by atoms with Crippen LogP contribution in [0.15, 0.2) is 53.0 Å². The molecule has 0 spiro atoms. The van der Waals surface area contributed by atoms with Gasteiger partial charge in [-0.25, -0.2) is 0 Å². The van der Waals surface area contributed by atoms with Crippen LogP contribution in [0, 0.1) is 0 Å². The summed E-state index contributed by atoms with van der Waals surface area (Å²) >= 11 is 3.47. The van der Waals surface area contributed by atoms with Crippen molar-refractivity contribution in [3.8, 4) is 5.75 Å². The van der Waals surface area contributed by atoms with Crippen molar-refractivity contribution in [3.63, 3.8) is 0 Å². The third-order valence-corrected chi connectivity index (χ3v) is 5.43. The van der Waals surface area contributed by atoms with E-state index in [1.807, 2.05) is 36.4 Å². The van der Waals surface area contributed by atoms with Crippen molar-refractivity contribution in [2.45, 2.75) is 37.6 Å². The number of amides is 1. The van der Waals surface area contributed by atoms with Gasteiger partial charge in [-0.2, -0.15) is 0 Å². The normalized spacial score (nSPS) is 15.9. The number of carbonyl (C=O) groups is 1. The molecule has 3 rings (SSSR count). The Morgan fingerprint density at radius 3 is 2.29 bits per heavy atom. The predicted octanol–water partition coefficient (Wildman–Crippen LogP) is 4.59. The maximum absolute atomic E-state index is 13.0. The lowest BCUT2D eigenvalue weighted by Crippen LogP contribution is -2.42. The van der Waals surface area contributed by atoms with Crippen LogP contribution >= 0.6 is 15.9 Å². The summed E-state index contributed by atoms with van der Waals surface area (Å²) in [5.41, 5.74) is 1.82. The lowest BCUT2D eigenvalue weighted by Gasteiger charge is -2.28. The van der Waals surface area contributed by atoms with Crippen molar-refractivity contribution in [2.75, 3.05) is 7.11 Å². The van der Waals surface area contributed by atoms with E-state index >= 15 is 0 Å². The summed E-state index contributed by atoms with van der Waals surface area (Å²) in [7, 11) is 1.65. The molecule has 1 fully saturated rings. The van der Waals surface area contributed by atoms with Crippen molar-refractivity contribution in [3.05, 3.63) is 64.1 Å². The van der Waals surface area contributed by atoms with E-state index in [-0.39, 0.29) is 11.3 Å². The van der Waals surface area contributed by atoms with Crippen LogP contribution in [0.25, 0.3) is 0 Å². The van der Waals surface area contributed by atoms with E-state index in [1.165, 1.54) is 0 Å². The van der Waals surface area contributed by atoms with Crippen molar-refractivity contribution in [2.24, 2.45) is 0 Å². The Morgan fingerprint density at radius 2 is 1.71 bits per heavy atom. The highest BCUT2D eigenvalue weighted by molar-refractivity contribution is 9.10. The summed E-state index contributed by atoms with van der Waals surface area (Å²) in [5.74, 6) is 0.963. The number of ether oxygens (including phenoxy) is 1. The van der Waals surface area contributed by atoms with E-state index in [9.17, 15) is 4.79 Å². The molecule has 1 aliphatic carbocycles. The van der Waals surface area contributed by atoms with Crippen molar-refractivity contribution in [1.82, 2.24) is 5.32 Å². The molecule has 126 valence electrons. The van der Waals surface area contributed by atoms with Gasteiger partial charge >= 0.3 is 0 Å². The monoisotopic (exact) mass is 387 g/mol. The van der Waals surface area contributed by atoms with Crippen LogP contribution in [0.1, 0.15) is 36.8 Å². The topological polar surface area (TPSA) is 38.3 Å². The van der Waals surface area contributed by atoms with E-state index in [4.69, 9.17) is 4.74 Å². The molecule has 1 saturated carbocycles. The summed E-state index contributed by atoms with van der Waals surface area (Å²) in [6, 6.07) is 16.0. The highest BCUT2D eigenvalue weighted by atomic mass is 79.9. The van der Waals surface area contributed by atoms with Crippen LogP contribution in [0.4, 0.5) is 0 Å². The van der Waals surface area contributed by atoms with Crippen LogP contribution in [0.2, 0.25) is 0 Å². The zero-order valence-electron chi connectivity index (χ0n) is 13.8. The number of halogens is 1. The smallest absolute Gasteiger partial charge is 0.230 e. The SMILES string of the molecule is COc1ccc(CNC(=O)C2(c3ccc(Br)cc3)CCCC2)cc1. The van der Waals surface area contributed by atoms with Gasteiger partial charge in [-0.15, -0.1) is 0 Å². The van der Waals surface area contributed by atoms with Gasteiger partial charge in [-0.1, -0.05) is 53.0 Å². The summed E-state index contributed by atoms with van der Waals surface area (Å²) in [6.07, 6.45) is 4.05. The average Bonchev–Trinajstić information content (AvgIpc) is 3.12. The summed E-state index contributed by atoms with van der Waals surface area (Å²) in [6.45, 7) is 0.543. The minimum Gasteiger partial charge on any atom is -0.497 e. The molecule has 3 nitrogen and oxygen atoms in total. The molecule has 0 heterocycles. The van der Waals surface area contributed by atoms with Gasteiger partial charge in [0.25, 0.3) is 0 Å². The molecule has 2 aromatic rings. The Morgan fingerprint density at radius 1 is 1.08 bits per heavy atom. The van der Waals surface area contributed by atoms with Crippen molar-refractivity contribution < 1.29 is 9.53 Å². The third-order valence-electron chi connectivity index (χ3n) is 4.90. The zero-order valence-corrected chi connectivity index (χ0v) is 15.4. The lowest BCUT2D eigenvalue weighted by atomic mass is 9.78. The largest absolute Gasteiger partial charge is 0.497 e. The molecule has 0 aliphatic heterocycles. The van der Waals surface area contributed by atoms with Gasteiger partial charge in [0.15, 0.2) is 0 Å².